The van der Waals surface area contributed by atoms with E-state index in [4.69, 9.17) is 14.2 Å². The Balaban J connectivity index is 4.39. The first-order valence-electron chi connectivity index (χ1n) is 24.4. The molecule has 5 nitrogen and oxygen atoms in total. The van der Waals surface area contributed by atoms with Crippen LogP contribution in [0.5, 0.6) is 0 Å². The van der Waals surface area contributed by atoms with Gasteiger partial charge in [0.25, 0.3) is 0 Å². The predicted molar refractivity (Wildman–Crippen MR) is 260 cm³/mol. The number of rotatable bonds is 43. The summed E-state index contributed by atoms with van der Waals surface area (Å²) >= 11 is 0. The van der Waals surface area contributed by atoms with Crippen LogP contribution >= 0.6 is 0 Å². The van der Waals surface area contributed by atoms with E-state index >= 15 is 0 Å². The third-order valence-corrected chi connectivity index (χ3v) is 9.75. The molecule has 0 aromatic heterocycles. The molecule has 0 saturated carbocycles. The van der Waals surface area contributed by atoms with Crippen LogP contribution < -0.4 is 0 Å². The van der Waals surface area contributed by atoms with E-state index < -0.39 is 6.10 Å². The van der Waals surface area contributed by atoms with Crippen LogP contribution in [0, 0.1) is 0 Å². The summed E-state index contributed by atoms with van der Waals surface area (Å²) in [7, 11) is 0. The molecule has 1 unspecified atom stereocenters. The number of hydrogen-bond acceptors (Lipinski definition) is 5. The molecule has 5 heteroatoms. The molecule has 0 heterocycles. The summed E-state index contributed by atoms with van der Waals surface area (Å²) in [5.41, 5.74) is 0. The minimum Gasteiger partial charge on any atom is -0.462 e. The number of unbranched alkanes of at least 4 members (excludes halogenated alkanes) is 14. The number of carbonyl (C=O) groups is 2. The Morgan fingerprint density at radius 2 is 0.750 bits per heavy atom. The van der Waals surface area contributed by atoms with Crippen LogP contribution in [0.3, 0.4) is 0 Å². The van der Waals surface area contributed by atoms with E-state index in [1.54, 1.807) is 0 Å². The van der Waals surface area contributed by atoms with Gasteiger partial charge in [-0.1, -0.05) is 182 Å². The highest BCUT2D eigenvalue weighted by atomic mass is 16.6. The van der Waals surface area contributed by atoms with Crippen molar-refractivity contribution in [3.8, 4) is 0 Å². The zero-order chi connectivity index (χ0) is 43.5. The molecule has 0 spiro atoms. The van der Waals surface area contributed by atoms with Gasteiger partial charge in [0.15, 0.2) is 6.10 Å². The van der Waals surface area contributed by atoms with Crippen LogP contribution in [-0.4, -0.2) is 37.9 Å². The normalized spacial score (nSPS) is 13.2. The first-order valence-corrected chi connectivity index (χ1v) is 24.4. The van der Waals surface area contributed by atoms with Crippen molar-refractivity contribution in [3.05, 3.63) is 109 Å². The van der Waals surface area contributed by atoms with Gasteiger partial charge in [-0.2, -0.15) is 0 Å². The van der Waals surface area contributed by atoms with Crippen molar-refractivity contribution in [1.82, 2.24) is 0 Å². The molecular formula is C55H90O5. The lowest BCUT2D eigenvalue weighted by atomic mass is 10.1. The maximum Gasteiger partial charge on any atom is 0.306 e. The summed E-state index contributed by atoms with van der Waals surface area (Å²) in [5.74, 6) is -0.462. The maximum atomic E-state index is 12.8. The van der Waals surface area contributed by atoms with Gasteiger partial charge in [-0.3, -0.25) is 9.59 Å². The van der Waals surface area contributed by atoms with Crippen molar-refractivity contribution in [3.63, 3.8) is 0 Å². The summed E-state index contributed by atoms with van der Waals surface area (Å²) in [5, 5.41) is 0. The van der Waals surface area contributed by atoms with Crippen molar-refractivity contribution >= 4 is 11.9 Å². The summed E-state index contributed by atoms with van der Waals surface area (Å²) < 4.78 is 17.3. The highest BCUT2D eigenvalue weighted by molar-refractivity contribution is 5.70. The molecule has 340 valence electrons. The Labute approximate surface area is 370 Å². The molecule has 0 rings (SSSR count). The van der Waals surface area contributed by atoms with Gasteiger partial charge >= 0.3 is 11.9 Å². The molecule has 0 amide bonds. The van der Waals surface area contributed by atoms with Gasteiger partial charge in [-0.25, -0.2) is 0 Å². The average molecular weight is 831 g/mol. The molecule has 0 aliphatic heterocycles. The third kappa shape index (κ3) is 47.2. The Morgan fingerprint density at radius 1 is 0.383 bits per heavy atom. The second-order valence-corrected chi connectivity index (χ2v) is 15.6. The standard InChI is InChI=1S/C55H90O5/c1-4-7-10-13-16-19-22-25-27-28-29-31-33-36-39-42-45-48-54(56)59-52-53(51-58-50-47-44-41-38-35-32-26-23-20-17-14-11-8-5-2)60-55(57)49-46-43-40-37-34-30-24-21-18-15-12-9-6-3/h7-8,10-12,15-17,19-21,24-27,29,31-32,53H,4-6,9,13-14,18,22-23,28,30,33-52H2,1-3H3/b10-7-,11-8-,15-12-,19-16-,20-17-,24-21-,27-25-,31-29-,32-26-. The Morgan fingerprint density at radius 3 is 1.20 bits per heavy atom. The Hall–Kier alpha value is -3.44. The van der Waals surface area contributed by atoms with Crippen molar-refractivity contribution in [2.75, 3.05) is 19.8 Å². The number of hydrogen-bond donors (Lipinski definition) is 0. The van der Waals surface area contributed by atoms with Crippen LogP contribution in [0.2, 0.25) is 0 Å². The molecule has 0 bridgehead atoms. The fourth-order valence-corrected chi connectivity index (χ4v) is 6.20. The van der Waals surface area contributed by atoms with E-state index in [2.05, 4.69) is 130 Å². The van der Waals surface area contributed by atoms with Crippen LogP contribution in [0.15, 0.2) is 109 Å². The molecule has 60 heavy (non-hydrogen) atoms. The van der Waals surface area contributed by atoms with Crippen molar-refractivity contribution < 1.29 is 23.8 Å². The molecule has 0 N–H and O–H groups in total. The summed E-state index contributed by atoms with van der Waals surface area (Å²) in [6.07, 6.45) is 68.0. The quantitative estimate of drug-likeness (QED) is 0.0348. The minimum absolute atomic E-state index is 0.0509. The van der Waals surface area contributed by atoms with Gasteiger partial charge < -0.3 is 14.2 Å². The van der Waals surface area contributed by atoms with Gasteiger partial charge in [0.1, 0.15) is 6.61 Å². The van der Waals surface area contributed by atoms with E-state index in [1.165, 1.54) is 32.1 Å². The molecule has 0 fully saturated rings. The highest BCUT2D eigenvalue weighted by Crippen LogP contribution is 2.12. The third-order valence-electron chi connectivity index (χ3n) is 9.75. The van der Waals surface area contributed by atoms with Crippen molar-refractivity contribution in [2.24, 2.45) is 0 Å². The van der Waals surface area contributed by atoms with Crippen LogP contribution in [0.25, 0.3) is 0 Å². The summed E-state index contributed by atoms with van der Waals surface area (Å²) in [6, 6.07) is 0. The zero-order valence-corrected chi connectivity index (χ0v) is 38.9. The van der Waals surface area contributed by atoms with Gasteiger partial charge in [-0.05, 0) is 116 Å². The Bertz CT molecular complexity index is 1210. The predicted octanol–water partition coefficient (Wildman–Crippen LogP) is 16.4. The monoisotopic (exact) mass is 831 g/mol. The van der Waals surface area contributed by atoms with Crippen molar-refractivity contribution in [1.29, 1.82) is 0 Å². The molecular weight excluding hydrogens is 741 g/mol. The first-order chi connectivity index (χ1) is 29.6. The average Bonchev–Trinajstić information content (AvgIpc) is 3.25. The minimum atomic E-state index is -0.571. The van der Waals surface area contributed by atoms with Gasteiger partial charge in [-0.15, -0.1) is 0 Å². The van der Waals surface area contributed by atoms with Gasteiger partial charge in [0.2, 0.25) is 0 Å². The lowest BCUT2D eigenvalue weighted by Gasteiger charge is -2.18. The second-order valence-electron chi connectivity index (χ2n) is 15.6. The highest BCUT2D eigenvalue weighted by Gasteiger charge is 2.17. The fraction of sp³-hybridized carbons (Fsp3) is 0.636. The van der Waals surface area contributed by atoms with Crippen molar-refractivity contribution in [2.45, 2.75) is 207 Å². The molecule has 0 aromatic carbocycles. The lowest BCUT2D eigenvalue weighted by Crippen LogP contribution is -2.30. The SMILES string of the molecule is CC/C=C\C/C=C\C/C=C\C/C=C\CCCCCCC(=O)OCC(COCCCCCC/C=C\C/C=C\C/C=C\CC)OC(=O)CCCCCCC/C=C\C/C=C\CCC. The number of allylic oxidation sites excluding steroid dienone is 18. The lowest BCUT2D eigenvalue weighted by molar-refractivity contribution is -0.163. The zero-order valence-electron chi connectivity index (χ0n) is 38.9. The second kappa shape index (κ2) is 49.9. The van der Waals surface area contributed by atoms with E-state index in [9.17, 15) is 9.59 Å². The number of carbonyl (C=O) groups excluding carboxylic acids is 2. The maximum absolute atomic E-state index is 12.8. The van der Waals surface area contributed by atoms with E-state index in [0.29, 0.717) is 19.4 Å². The van der Waals surface area contributed by atoms with Crippen LogP contribution in [-0.2, 0) is 23.8 Å². The molecule has 0 aliphatic rings. The molecule has 0 aromatic rings. The van der Waals surface area contributed by atoms with E-state index in [0.717, 1.165) is 135 Å². The largest absolute Gasteiger partial charge is 0.462 e. The fourth-order valence-electron chi connectivity index (χ4n) is 6.20. The van der Waals surface area contributed by atoms with Crippen LogP contribution in [0.4, 0.5) is 0 Å². The molecule has 0 radical (unpaired) electrons. The first kappa shape index (κ1) is 56.6. The molecule has 1 atom stereocenters. The van der Waals surface area contributed by atoms with E-state index in [-0.39, 0.29) is 25.2 Å². The van der Waals surface area contributed by atoms with Gasteiger partial charge in [0.05, 0.1) is 6.61 Å². The topological polar surface area (TPSA) is 61.8 Å². The summed E-state index contributed by atoms with van der Waals surface area (Å²) in [6.45, 7) is 7.43. The van der Waals surface area contributed by atoms with Crippen LogP contribution in [0.1, 0.15) is 201 Å². The number of esters is 2. The summed E-state index contributed by atoms with van der Waals surface area (Å²) in [4.78, 5) is 25.3. The molecule has 0 saturated heterocycles. The smallest absolute Gasteiger partial charge is 0.306 e. The molecule has 0 aliphatic carbocycles. The number of ether oxygens (including phenoxy) is 3. The van der Waals surface area contributed by atoms with E-state index in [1.807, 2.05) is 0 Å². The Kier molecular flexibility index (Phi) is 47.1. The van der Waals surface area contributed by atoms with Gasteiger partial charge in [0, 0.05) is 19.4 Å².